The second-order valence-corrected chi connectivity index (χ2v) is 6.40. The van der Waals surface area contributed by atoms with E-state index >= 15 is 0 Å². The number of halogens is 2. The monoisotopic (exact) mass is 503 g/mol. The molecule has 0 saturated heterocycles. The average molecular weight is 504 g/mol. The Bertz CT molecular complexity index is 745. The Hall–Kier alpha value is -1.74. The number of amides is 1. The molecule has 2 rings (SSSR count). The van der Waals surface area contributed by atoms with Crippen molar-refractivity contribution in [1.29, 1.82) is 0 Å². The second-order valence-electron chi connectivity index (χ2n) is 5.96. The number of guanidine groups is 1. The van der Waals surface area contributed by atoms with Gasteiger partial charge in [-0.05, 0) is 43.3 Å². The average Bonchev–Trinajstić information content (AvgIpc) is 3.02. The molecule has 2 aromatic rings. The number of carbonyl (C=O) groups excluding carboxylic acids is 1. The predicted octanol–water partition coefficient (Wildman–Crippen LogP) is 3.12. The van der Waals surface area contributed by atoms with Gasteiger partial charge in [-0.1, -0.05) is 11.6 Å². The van der Waals surface area contributed by atoms with Crippen LogP contribution in [0.15, 0.2) is 47.6 Å². The summed E-state index contributed by atoms with van der Waals surface area (Å²) in [6.45, 7) is 4.54. The van der Waals surface area contributed by atoms with Crippen LogP contribution in [0, 0.1) is 0 Å². The Kier molecular flexibility index (Phi) is 10.2. The van der Waals surface area contributed by atoms with Crippen LogP contribution in [-0.2, 0) is 13.6 Å². The Morgan fingerprint density at radius 2 is 1.93 bits per heavy atom. The topological polar surface area (TPSA) is 61.7 Å². The highest BCUT2D eigenvalue weighted by atomic mass is 127. The first-order chi connectivity index (χ1) is 12.5. The van der Waals surface area contributed by atoms with E-state index in [-0.39, 0.29) is 29.9 Å². The number of hydrogen-bond acceptors (Lipinski definition) is 2. The molecule has 0 bridgehead atoms. The van der Waals surface area contributed by atoms with Gasteiger partial charge in [0.15, 0.2) is 5.96 Å². The molecule has 148 valence electrons. The van der Waals surface area contributed by atoms with E-state index in [4.69, 9.17) is 11.6 Å². The van der Waals surface area contributed by atoms with Crippen LogP contribution in [0.3, 0.4) is 0 Å². The number of rotatable bonds is 7. The Labute approximate surface area is 183 Å². The predicted molar refractivity (Wildman–Crippen MR) is 122 cm³/mol. The van der Waals surface area contributed by atoms with Gasteiger partial charge in [0, 0.05) is 49.7 Å². The maximum atomic E-state index is 12.1. The van der Waals surface area contributed by atoms with E-state index in [2.05, 4.69) is 31.2 Å². The Morgan fingerprint density at radius 3 is 2.52 bits per heavy atom. The van der Waals surface area contributed by atoms with Crippen molar-refractivity contribution in [3.8, 4) is 0 Å². The Balaban J connectivity index is 0.00000364. The van der Waals surface area contributed by atoms with Gasteiger partial charge in [0.1, 0.15) is 0 Å². The number of nitrogens with one attached hydrogen (secondary N) is 2. The summed E-state index contributed by atoms with van der Waals surface area (Å²) in [5.74, 6) is 0.688. The summed E-state index contributed by atoms with van der Waals surface area (Å²) in [6, 6.07) is 10.9. The van der Waals surface area contributed by atoms with E-state index in [1.807, 2.05) is 33.3 Å². The zero-order chi connectivity index (χ0) is 18.9. The summed E-state index contributed by atoms with van der Waals surface area (Å²) in [7, 11) is 4.03. The number of hydrogen-bond donors (Lipinski definition) is 2. The molecule has 8 heteroatoms. The molecule has 1 heterocycles. The molecule has 0 spiro atoms. The molecule has 0 fully saturated rings. The van der Waals surface area contributed by atoms with Crippen molar-refractivity contribution in [1.82, 2.24) is 20.1 Å². The number of carbonyl (C=O) groups is 1. The molecule has 1 amide bonds. The first-order valence-electron chi connectivity index (χ1n) is 8.64. The van der Waals surface area contributed by atoms with Gasteiger partial charge < -0.3 is 20.1 Å². The molecular formula is C19H27ClIN5O. The van der Waals surface area contributed by atoms with E-state index in [0.29, 0.717) is 23.7 Å². The van der Waals surface area contributed by atoms with Gasteiger partial charge in [-0.25, -0.2) is 0 Å². The van der Waals surface area contributed by atoms with Crippen molar-refractivity contribution in [3.05, 3.63) is 58.9 Å². The number of nitrogens with zero attached hydrogens (tertiary/aromatic N) is 3. The fourth-order valence-corrected chi connectivity index (χ4v) is 2.61. The summed E-state index contributed by atoms with van der Waals surface area (Å²) >= 11 is 5.84. The maximum Gasteiger partial charge on any atom is 0.251 e. The standard InChI is InChI=1S/C19H26ClN5O.HI/c1-4-21-19(25(3)14-17-6-5-13-24(17)2)23-12-11-22-18(26)15-7-9-16(20)10-8-15;/h5-10,13H,4,11-12,14H2,1-3H3,(H,21,23)(H,22,26);1H. The van der Waals surface area contributed by atoms with Gasteiger partial charge >= 0.3 is 0 Å². The lowest BCUT2D eigenvalue weighted by Crippen LogP contribution is -2.39. The van der Waals surface area contributed by atoms with Gasteiger partial charge in [0.2, 0.25) is 0 Å². The summed E-state index contributed by atoms with van der Waals surface area (Å²) < 4.78 is 2.09. The largest absolute Gasteiger partial charge is 0.357 e. The van der Waals surface area contributed by atoms with Crippen LogP contribution in [-0.4, -0.2) is 48.0 Å². The van der Waals surface area contributed by atoms with Gasteiger partial charge in [-0.3, -0.25) is 9.79 Å². The first kappa shape index (κ1) is 23.3. The zero-order valence-electron chi connectivity index (χ0n) is 15.9. The smallest absolute Gasteiger partial charge is 0.251 e. The number of benzene rings is 1. The summed E-state index contributed by atoms with van der Waals surface area (Å²) in [4.78, 5) is 18.7. The second kappa shape index (κ2) is 11.9. The minimum absolute atomic E-state index is 0. The molecule has 1 aromatic heterocycles. The van der Waals surface area contributed by atoms with Crippen LogP contribution in [0.2, 0.25) is 5.02 Å². The highest BCUT2D eigenvalue weighted by Gasteiger charge is 2.08. The Morgan fingerprint density at radius 1 is 1.22 bits per heavy atom. The minimum atomic E-state index is -0.126. The van der Waals surface area contributed by atoms with Crippen molar-refractivity contribution < 1.29 is 4.79 Å². The molecule has 0 aliphatic carbocycles. The van der Waals surface area contributed by atoms with E-state index in [1.54, 1.807) is 24.3 Å². The maximum absolute atomic E-state index is 12.1. The molecule has 0 aliphatic heterocycles. The normalized spacial score (nSPS) is 10.9. The third kappa shape index (κ3) is 7.42. The highest BCUT2D eigenvalue weighted by molar-refractivity contribution is 14.0. The van der Waals surface area contributed by atoms with Crippen molar-refractivity contribution in [2.24, 2.45) is 12.0 Å². The quantitative estimate of drug-likeness (QED) is 0.264. The SMILES string of the molecule is CCNC(=NCCNC(=O)c1ccc(Cl)cc1)N(C)Cc1cccn1C.I. The minimum Gasteiger partial charge on any atom is -0.357 e. The number of aliphatic imine (C=N–C) groups is 1. The van der Waals surface area contributed by atoms with Crippen LogP contribution >= 0.6 is 35.6 Å². The first-order valence-corrected chi connectivity index (χ1v) is 9.02. The molecule has 0 saturated carbocycles. The molecule has 0 atom stereocenters. The van der Waals surface area contributed by atoms with Gasteiger partial charge in [0.25, 0.3) is 5.91 Å². The lowest BCUT2D eigenvalue weighted by atomic mass is 10.2. The molecule has 0 unspecified atom stereocenters. The zero-order valence-corrected chi connectivity index (χ0v) is 19.0. The van der Waals surface area contributed by atoms with E-state index in [0.717, 1.165) is 19.0 Å². The van der Waals surface area contributed by atoms with Crippen molar-refractivity contribution in [2.75, 3.05) is 26.7 Å². The van der Waals surface area contributed by atoms with E-state index in [9.17, 15) is 4.79 Å². The van der Waals surface area contributed by atoms with Gasteiger partial charge in [-0.2, -0.15) is 0 Å². The highest BCUT2D eigenvalue weighted by Crippen LogP contribution is 2.09. The fraction of sp³-hybridized carbons (Fsp3) is 0.368. The molecule has 0 radical (unpaired) electrons. The van der Waals surface area contributed by atoms with Crippen LogP contribution in [0.25, 0.3) is 0 Å². The van der Waals surface area contributed by atoms with Crippen molar-refractivity contribution >= 4 is 47.4 Å². The molecule has 2 N–H and O–H groups in total. The third-order valence-electron chi connectivity index (χ3n) is 3.91. The molecule has 27 heavy (non-hydrogen) atoms. The fourth-order valence-electron chi connectivity index (χ4n) is 2.48. The lowest BCUT2D eigenvalue weighted by molar-refractivity contribution is 0.0955. The lowest BCUT2D eigenvalue weighted by Gasteiger charge is -2.22. The number of aromatic nitrogens is 1. The summed E-state index contributed by atoms with van der Waals surface area (Å²) in [6.07, 6.45) is 2.03. The number of aryl methyl sites for hydroxylation is 1. The van der Waals surface area contributed by atoms with Crippen LogP contribution in [0.4, 0.5) is 0 Å². The van der Waals surface area contributed by atoms with Gasteiger partial charge in [0.05, 0.1) is 13.1 Å². The van der Waals surface area contributed by atoms with E-state index in [1.165, 1.54) is 5.69 Å². The molecule has 1 aromatic carbocycles. The van der Waals surface area contributed by atoms with Crippen LogP contribution < -0.4 is 10.6 Å². The van der Waals surface area contributed by atoms with Crippen LogP contribution in [0.5, 0.6) is 0 Å². The van der Waals surface area contributed by atoms with E-state index < -0.39 is 0 Å². The molecule has 6 nitrogen and oxygen atoms in total. The van der Waals surface area contributed by atoms with Gasteiger partial charge in [-0.15, -0.1) is 24.0 Å². The van der Waals surface area contributed by atoms with Crippen LogP contribution in [0.1, 0.15) is 23.0 Å². The summed E-state index contributed by atoms with van der Waals surface area (Å²) in [5, 5.41) is 6.76. The molecule has 0 aliphatic rings. The van der Waals surface area contributed by atoms with Crippen molar-refractivity contribution in [2.45, 2.75) is 13.5 Å². The third-order valence-corrected chi connectivity index (χ3v) is 4.16. The van der Waals surface area contributed by atoms with Crippen molar-refractivity contribution in [3.63, 3.8) is 0 Å². The molecular weight excluding hydrogens is 477 g/mol. The summed E-state index contributed by atoms with van der Waals surface area (Å²) in [5.41, 5.74) is 1.79.